The number of hydrogen-bond donors (Lipinski definition) is 1. The van der Waals surface area contributed by atoms with Crippen LogP contribution >= 0.6 is 11.8 Å². The minimum Gasteiger partial charge on any atom is -0.366 e. The third-order valence-electron chi connectivity index (χ3n) is 8.58. The molecule has 6 heteroatoms. The second-order valence-corrected chi connectivity index (χ2v) is 12.9. The standard InChI is InChI=1S/C41H33N5S/c1-3-9-31(10-4-1)39-44-40(32-11-5-2-6-12-32)46-41(45-39)36-26-34(28-14-18-30(19-15-28)37-13-7-24-47-37)25-35(27-36)29-16-20-33(21-17-29)38-42-22-8-23-43-38/h1-6,8-11,13-22,25-27,32H,7,12,23-24H2,(H,42,43). The number of amidine groups is 1. The monoisotopic (exact) mass is 627 g/mol. The molecule has 0 amide bonds. The molecular weight excluding hydrogens is 595 g/mol. The van der Waals surface area contributed by atoms with Crippen LogP contribution in [0.15, 0.2) is 145 Å². The van der Waals surface area contributed by atoms with Gasteiger partial charge >= 0.3 is 0 Å². The summed E-state index contributed by atoms with van der Waals surface area (Å²) in [6, 6.07) is 34.4. The largest absolute Gasteiger partial charge is 0.366 e. The first-order valence-electron chi connectivity index (χ1n) is 16.1. The molecule has 47 heavy (non-hydrogen) atoms. The quantitative estimate of drug-likeness (QED) is 0.195. The topological polar surface area (TPSA) is 63.1 Å². The maximum absolute atomic E-state index is 5.12. The molecule has 3 aliphatic rings. The van der Waals surface area contributed by atoms with Crippen molar-refractivity contribution in [3.63, 3.8) is 0 Å². The van der Waals surface area contributed by atoms with E-state index in [1.54, 1.807) is 0 Å². The van der Waals surface area contributed by atoms with E-state index in [1.807, 2.05) is 42.2 Å². The fourth-order valence-electron chi connectivity index (χ4n) is 6.09. The van der Waals surface area contributed by atoms with Gasteiger partial charge in [0.2, 0.25) is 0 Å². The van der Waals surface area contributed by atoms with E-state index in [1.165, 1.54) is 10.5 Å². The highest BCUT2D eigenvalue weighted by atomic mass is 32.2. The van der Waals surface area contributed by atoms with Crippen LogP contribution in [0.1, 0.15) is 35.7 Å². The SMILES string of the molecule is C1=CCC(c2nc(-c3ccccc3)nc(-c3cc(-c4ccc(C5=CCCS5)cc4)cc(-c4ccc(C5=NC=CCN5)cc4)c3)n2)C=C1. The van der Waals surface area contributed by atoms with Crippen LogP contribution in [-0.2, 0) is 0 Å². The minimum atomic E-state index is 0.0980. The average molecular weight is 628 g/mol. The third kappa shape index (κ3) is 6.38. The summed E-state index contributed by atoms with van der Waals surface area (Å²) in [7, 11) is 0. The lowest BCUT2D eigenvalue weighted by atomic mass is 9.94. The molecule has 1 unspecified atom stereocenters. The molecule has 0 bridgehead atoms. The highest BCUT2D eigenvalue weighted by molar-refractivity contribution is 8.08. The number of nitrogens with zero attached hydrogens (tertiary/aromatic N) is 4. The second-order valence-electron chi connectivity index (χ2n) is 11.8. The van der Waals surface area contributed by atoms with Crippen LogP contribution in [0.3, 0.4) is 0 Å². The number of rotatable bonds is 7. The Kier molecular flexibility index (Phi) is 8.16. The van der Waals surface area contributed by atoms with Crippen molar-refractivity contribution < 1.29 is 0 Å². The smallest absolute Gasteiger partial charge is 0.163 e. The van der Waals surface area contributed by atoms with Gasteiger partial charge in [0.15, 0.2) is 11.6 Å². The molecule has 0 fully saturated rings. The summed E-state index contributed by atoms with van der Waals surface area (Å²) in [6.45, 7) is 0.784. The lowest BCUT2D eigenvalue weighted by molar-refractivity contribution is 0.764. The fourth-order valence-corrected chi connectivity index (χ4v) is 7.08. The average Bonchev–Trinajstić information content (AvgIpc) is 3.71. The molecular formula is C41H33N5S. The molecule has 5 nitrogen and oxygen atoms in total. The van der Waals surface area contributed by atoms with E-state index in [9.17, 15) is 0 Å². The molecule has 4 aromatic carbocycles. The Morgan fingerprint density at radius 2 is 1.30 bits per heavy atom. The van der Waals surface area contributed by atoms with Crippen LogP contribution in [0, 0.1) is 0 Å². The summed E-state index contributed by atoms with van der Waals surface area (Å²) >= 11 is 1.93. The van der Waals surface area contributed by atoms with Crippen molar-refractivity contribution in [1.82, 2.24) is 20.3 Å². The number of aromatic nitrogens is 3. The van der Waals surface area contributed by atoms with E-state index < -0.39 is 0 Å². The van der Waals surface area contributed by atoms with E-state index in [0.29, 0.717) is 11.6 Å². The van der Waals surface area contributed by atoms with Gasteiger partial charge in [0.25, 0.3) is 0 Å². The summed E-state index contributed by atoms with van der Waals surface area (Å²) in [6.07, 6.45) is 16.7. The molecule has 1 atom stereocenters. The summed E-state index contributed by atoms with van der Waals surface area (Å²) in [4.78, 5) is 21.1. The molecule has 5 aromatic rings. The van der Waals surface area contributed by atoms with Gasteiger partial charge < -0.3 is 5.32 Å². The number of aliphatic imine (C=N–C) groups is 1. The Morgan fingerprint density at radius 3 is 1.94 bits per heavy atom. The normalized spacial score (nSPS) is 16.9. The highest BCUT2D eigenvalue weighted by Gasteiger charge is 2.19. The van der Waals surface area contributed by atoms with Crippen molar-refractivity contribution in [2.24, 2.45) is 4.99 Å². The van der Waals surface area contributed by atoms with Crippen molar-refractivity contribution in [3.8, 4) is 45.0 Å². The van der Waals surface area contributed by atoms with Gasteiger partial charge in [-0.15, -0.1) is 11.8 Å². The van der Waals surface area contributed by atoms with Gasteiger partial charge in [-0.25, -0.2) is 19.9 Å². The predicted octanol–water partition coefficient (Wildman–Crippen LogP) is 9.48. The predicted molar refractivity (Wildman–Crippen MR) is 196 cm³/mol. The number of nitrogens with one attached hydrogen (secondary N) is 1. The van der Waals surface area contributed by atoms with Crippen LogP contribution in [0.25, 0.3) is 49.9 Å². The molecule has 8 rings (SSSR count). The molecule has 228 valence electrons. The van der Waals surface area contributed by atoms with Crippen molar-refractivity contribution in [1.29, 1.82) is 0 Å². The zero-order valence-electron chi connectivity index (χ0n) is 25.9. The molecule has 2 aliphatic heterocycles. The fraction of sp³-hybridized carbons (Fsp3) is 0.122. The maximum Gasteiger partial charge on any atom is 0.163 e. The lowest BCUT2D eigenvalue weighted by Gasteiger charge is -2.16. The van der Waals surface area contributed by atoms with Crippen LogP contribution in [0.2, 0.25) is 0 Å². The first kappa shape index (κ1) is 29.1. The third-order valence-corrected chi connectivity index (χ3v) is 9.74. The minimum absolute atomic E-state index is 0.0980. The summed E-state index contributed by atoms with van der Waals surface area (Å²) in [5, 5.41) is 3.36. The summed E-state index contributed by atoms with van der Waals surface area (Å²) in [5.41, 5.74) is 8.77. The lowest BCUT2D eigenvalue weighted by Crippen LogP contribution is -2.26. The van der Waals surface area contributed by atoms with Crippen molar-refractivity contribution in [2.75, 3.05) is 12.3 Å². The van der Waals surface area contributed by atoms with Gasteiger partial charge in [-0.3, -0.25) is 0 Å². The van der Waals surface area contributed by atoms with Gasteiger partial charge in [-0.1, -0.05) is 109 Å². The molecule has 0 saturated carbocycles. The Labute approximate surface area is 279 Å². The molecule has 1 aromatic heterocycles. The molecule has 0 radical (unpaired) electrons. The molecule has 1 aliphatic carbocycles. The van der Waals surface area contributed by atoms with Crippen LogP contribution < -0.4 is 5.32 Å². The Morgan fingerprint density at radius 1 is 0.617 bits per heavy atom. The van der Waals surface area contributed by atoms with Crippen molar-refractivity contribution in [3.05, 3.63) is 157 Å². The highest BCUT2D eigenvalue weighted by Crippen LogP contribution is 2.37. The summed E-state index contributed by atoms with van der Waals surface area (Å²) in [5.74, 6) is 4.29. The second kappa shape index (κ2) is 13.2. The zero-order valence-corrected chi connectivity index (χ0v) is 26.7. The van der Waals surface area contributed by atoms with Crippen LogP contribution in [0.5, 0.6) is 0 Å². The van der Waals surface area contributed by atoms with E-state index in [2.05, 4.69) is 120 Å². The Bertz CT molecular complexity index is 2070. The van der Waals surface area contributed by atoms with E-state index >= 15 is 0 Å². The van der Waals surface area contributed by atoms with Gasteiger partial charge in [-0.2, -0.15) is 0 Å². The van der Waals surface area contributed by atoms with E-state index in [0.717, 1.165) is 75.7 Å². The molecule has 3 heterocycles. The first-order chi connectivity index (χ1) is 23.3. The Balaban J connectivity index is 1.25. The summed E-state index contributed by atoms with van der Waals surface area (Å²) < 4.78 is 0. The Hall–Kier alpha value is -5.33. The van der Waals surface area contributed by atoms with E-state index in [4.69, 9.17) is 15.0 Å². The number of hydrogen-bond acceptors (Lipinski definition) is 6. The van der Waals surface area contributed by atoms with Gasteiger partial charge in [-0.05, 0) is 64.9 Å². The van der Waals surface area contributed by atoms with Crippen LogP contribution in [-0.4, -0.2) is 33.1 Å². The number of benzene rings is 4. The first-order valence-corrected chi connectivity index (χ1v) is 17.1. The van der Waals surface area contributed by atoms with Gasteiger partial charge in [0.05, 0.1) is 0 Å². The van der Waals surface area contributed by atoms with Crippen LogP contribution in [0.4, 0.5) is 0 Å². The van der Waals surface area contributed by atoms with Crippen molar-refractivity contribution >= 4 is 22.5 Å². The maximum atomic E-state index is 5.12. The molecule has 0 spiro atoms. The molecule has 0 saturated heterocycles. The van der Waals surface area contributed by atoms with Crippen molar-refractivity contribution in [2.45, 2.75) is 18.8 Å². The molecule has 1 N–H and O–H groups in total. The zero-order chi connectivity index (χ0) is 31.4. The van der Waals surface area contributed by atoms with Gasteiger partial charge in [0.1, 0.15) is 11.7 Å². The number of thioether (sulfide) groups is 1. The number of allylic oxidation sites excluding steroid dienone is 5. The van der Waals surface area contributed by atoms with Gasteiger partial charge in [0, 0.05) is 46.0 Å². The van der Waals surface area contributed by atoms with E-state index in [-0.39, 0.29) is 5.92 Å².